The quantitative estimate of drug-likeness (QED) is 0.160. The lowest BCUT2D eigenvalue weighted by molar-refractivity contribution is 0.585. The van der Waals surface area contributed by atoms with Gasteiger partial charge in [-0.15, -0.1) is 0 Å². The minimum atomic E-state index is -0.606. The van der Waals surface area contributed by atoms with Crippen molar-refractivity contribution in [3.05, 3.63) is 193 Å². The summed E-state index contributed by atoms with van der Waals surface area (Å²) in [6.07, 6.45) is 0. The van der Waals surface area contributed by atoms with Crippen LogP contribution in [0.3, 0.4) is 0 Å². The van der Waals surface area contributed by atoms with Crippen molar-refractivity contribution in [2.24, 2.45) is 0 Å². The Balaban J connectivity index is 1.06. The molecule has 63 heavy (non-hydrogen) atoms. The molecule has 0 atom stereocenters. The zero-order chi connectivity index (χ0) is 43.6. The van der Waals surface area contributed by atoms with Crippen molar-refractivity contribution < 1.29 is 8.78 Å². The smallest absolute Gasteiger partial charge is 0.133 e. The van der Waals surface area contributed by atoms with E-state index in [0.29, 0.717) is 11.1 Å². The first-order valence-corrected chi connectivity index (χ1v) is 22.0. The van der Waals surface area contributed by atoms with Gasteiger partial charge in [-0.05, 0) is 129 Å². The van der Waals surface area contributed by atoms with Gasteiger partial charge in [-0.1, -0.05) is 120 Å². The molecule has 0 amide bonds. The lowest BCUT2D eigenvalue weighted by atomic mass is 9.85. The van der Waals surface area contributed by atoms with E-state index in [1.54, 1.807) is 0 Å². The van der Waals surface area contributed by atoms with Gasteiger partial charge in [-0.25, -0.2) is 8.78 Å². The highest BCUT2D eigenvalue weighted by Gasteiger charge is 2.23. The maximum Gasteiger partial charge on any atom is 0.133 e. The molecular weight excluding hydrogens is 799 g/mol. The molecule has 0 aliphatic heterocycles. The van der Waals surface area contributed by atoms with Gasteiger partial charge >= 0.3 is 0 Å². The molecule has 0 N–H and O–H groups in total. The second kappa shape index (κ2) is 15.4. The molecular formula is C56H46F2N4S. The maximum atomic E-state index is 14.9. The number of anilines is 3. The van der Waals surface area contributed by atoms with Crippen LogP contribution >= 0.6 is 11.7 Å². The van der Waals surface area contributed by atoms with Crippen molar-refractivity contribution >= 4 is 61.6 Å². The van der Waals surface area contributed by atoms with Gasteiger partial charge in [0.1, 0.15) is 22.7 Å². The number of nitrogens with zero attached hydrogens (tertiary/aromatic N) is 4. The number of hydrogen-bond donors (Lipinski definition) is 0. The van der Waals surface area contributed by atoms with E-state index in [9.17, 15) is 8.78 Å². The van der Waals surface area contributed by atoms with Crippen LogP contribution in [-0.4, -0.2) is 13.3 Å². The predicted octanol–water partition coefficient (Wildman–Crippen LogP) is 16.1. The van der Waals surface area contributed by atoms with Crippen LogP contribution in [0, 0.1) is 11.6 Å². The van der Waals surface area contributed by atoms with Gasteiger partial charge in [-0.2, -0.15) is 8.75 Å². The van der Waals surface area contributed by atoms with E-state index >= 15 is 0 Å². The summed E-state index contributed by atoms with van der Waals surface area (Å²) in [7, 11) is 0. The van der Waals surface area contributed by atoms with Crippen LogP contribution in [0.15, 0.2) is 170 Å². The average molecular weight is 845 g/mol. The zero-order valence-electron chi connectivity index (χ0n) is 36.1. The van der Waals surface area contributed by atoms with Crippen LogP contribution in [-0.2, 0) is 10.8 Å². The molecule has 0 bridgehead atoms. The maximum absolute atomic E-state index is 14.9. The van der Waals surface area contributed by atoms with Crippen LogP contribution < -0.4 is 4.90 Å². The highest BCUT2D eigenvalue weighted by atomic mass is 32.1. The third kappa shape index (κ3) is 7.36. The van der Waals surface area contributed by atoms with Gasteiger partial charge in [0, 0.05) is 45.0 Å². The molecule has 2 aromatic heterocycles. The molecule has 0 fully saturated rings. The van der Waals surface area contributed by atoms with E-state index in [2.05, 4.69) is 160 Å². The summed E-state index contributed by atoms with van der Waals surface area (Å²) >= 11 is 1.19. The molecule has 0 saturated heterocycles. The summed E-state index contributed by atoms with van der Waals surface area (Å²) in [4.78, 5) is 2.16. The van der Waals surface area contributed by atoms with Crippen LogP contribution in [0.5, 0.6) is 0 Å². The molecule has 0 spiro atoms. The van der Waals surface area contributed by atoms with Crippen LogP contribution in [0.25, 0.3) is 71.9 Å². The third-order valence-corrected chi connectivity index (χ3v) is 12.7. The first-order valence-electron chi connectivity index (χ1n) is 21.3. The number of benzene rings is 8. The van der Waals surface area contributed by atoms with Crippen LogP contribution in [0.1, 0.15) is 52.7 Å². The number of rotatable bonds is 7. The highest BCUT2D eigenvalue weighted by Crippen LogP contribution is 2.43. The van der Waals surface area contributed by atoms with Gasteiger partial charge in [0.15, 0.2) is 0 Å². The van der Waals surface area contributed by atoms with Crippen molar-refractivity contribution in [1.29, 1.82) is 0 Å². The summed E-state index contributed by atoms with van der Waals surface area (Å²) < 4.78 is 40.8. The van der Waals surface area contributed by atoms with E-state index in [0.717, 1.165) is 62.1 Å². The SMILES string of the molecule is CC(C)(C)c1ccc2c(c1)c1cc(C(C)(C)C)ccc1n2-c1ccc(-c2ccc(N(c3ccc(-c4ccccc4)cc3)c3ccc(-c4ccc(F)cc4F)cc3)c3nsnc23)cc1. The Labute approximate surface area is 371 Å². The van der Waals surface area contributed by atoms with Gasteiger partial charge in [0.25, 0.3) is 0 Å². The van der Waals surface area contributed by atoms with E-state index in [1.807, 2.05) is 42.5 Å². The molecule has 0 saturated carbocycles. The Morgan fingerprint density at radius 3 is 1.56 bits per heavy atom. The molecule has 0 aliphatic carbocycles. The van der Waals surface area contributed by atoms with E-state index < -0.39 is 11.6 Å². The minimum absolute atomic E-state index is 0.0257. The Hall–Kier alpha value is -6.96. The molecule has 4 nitrogen and oxygen atoms in total. The minimum Gasteiger partial charge on any atom is -0.309 e. The fourth-order valence-electron chi connectivity index (χ4n) is 8.67. The van der Waals surface area contributed by atoms with Crippen molar-refractivity contribution in [2.45, 2.75) is 52.4 Å². The number of hydrogen-bond acceptors (Lipinski definition) is 4. The van der Waals surface area contributed by atoms with E-state index in [-0.39, 0.29) is 10.8 Å². The second-order valence-corrected chi connectivity index (χ2v) is 18.9. The monoisotopic (exact) mass is 844 g/mol. The lowest BCUT2D eigenvalue weighted by Crippen LogP contribution is -2.10. The van der Waals surface area contributed by atoms with Crippen molar-refractivity contribution in [1.82, 2.24) is 13.3 Å². The Morgan fingerprint density at radius 1 is 0.476 bits per heavy atom. The molecule has 310 valence electrons. The normalized spacial score (nSPS) is 12.1. The molecule has 0 unspecified atom stereocenters. The molecule has 0 aliphatic rings. The summed E-state index contributed by atoms with van der Waals surface area (Å²) in [5.41, 5.74) is 15.6. The topological polar surface area (TPSA) is 34.0 Å². The third-order valence-electron chi connectivity index (χ3n) is 12.2. The Morgan fingerprint density at radius 2 is 0.984 bits per heavy atom. The Bertz CT molecular complexity index is 3230. The van der Waals surface area contributed by atoms with Crippen LogP contribution in [0.2, 0.25) is 0 Å². The van der Waals surface area contributed by atoms with Gasteiger partial charge in [-0.3, -0.25) is 0 Å². The standard InChI is InChI=1S/C56H46F2N4S/c1-55(2,3)39-18-29-50-47(32-39)48-33-40(56(4,5)6)19-30-51(48)62(50)44-25-16-38(17-26-44)46-28-31-52(54-53(46)59-63-60-54)61(42-21-12-36(13-22-42)35-10-8-7-9-11-35)43-23-14-37(15-24-43)45-27-20-41(57)34-49(45)58/h7-34H,1-6H3. The van der Waals surface area contributed by atoms with E-state index in [4.69, 9.17) is 8.75 Å². The Kier molecular flexibility index (Phi) is 9.83. The zero-order valence-corrected chi connectivity index (χ0v) is 36.9. The average Bonchev–Trinajstić information content (AvgIpc) is 3.90. The van der Waals surface area contributed by atoms with Gasteiger partial charge < -0.3 is 9.47 Å². The summed E-state index contributed by atoms with van der Waals surface area (Å²) in [5.74, 6) is -1.21. The van der Waals surface area contributed by atoms with Crippen LogP contribution in [0.4, 0.5) is 25.8 Å². The number of aromatic nitrogens is 3. The number of fused-ring (bicyclic) bond motifs is 4. The number of halogens is 2. The molecule has 10 aromatic rings. The highest BCUT2D eigenvalue weighted by molar-refractivity contribution is 7.00. The van der Waals surface area contributed by atoms with Crippen molar-refractivity contribution in [2.75, 3.05) is 4.90 Å². The van der Waals surface area contributed by atoms with Crippen molar-refractivity contribution in [3.63, 3.8) is 0 Å². The molecule has 2 heterocycles. The first-order chi connectivity index (χ1) is 30.3. The first kappa shape index (κ1) is 40.1. The molecule has 0 radical (unpaired) electrons. The summed E-state index contributed by atoms with van der Waals surface area (Å²) in [6, 6.07) is 56.9. The fourth-order valence-corrected chi connectivity index (χ4v) is 9.23. The van der Waals surface area contributed by atoms with E-state index in [1.165, 1.54) is 56.8 Å². The summed E-state index contributed by atoms with van der Waals surface area (Å²) in [6.45, 7) is 13.6. The fraction of sp³-hybridized carbons (Fsp3) is 0.143. The van der Waals surface area contributed by atoms with Gasteiger partial charge in [0.2, 0.25) is 0 Å². The second-order valence-electron chi connectivity index (χ2n) is 18.4. The summed E-state index contributed by atoms with van der Waals surface area (Å²) in [5, 5.41) is 2.52. The molecule has 10 rings (SSSR count). The predicted molar refractivity (Wildman–Crippen MR) is 260 cm³/mol. The molecule has 7 heteroatoms. The molecule has 8 aromatic carbocycles. The van der Waals surface area contributed by atoms with Crippen molar-refractivity contribution in [3.8, 4) is 39.1 Å². The van der Waals surface area contributed by atoms with Gasteiger partial charge in [0.05, 0.1) is 28.4 Å². The lowest BCUT2D eigenvalue weighted by Gasteiger charge is -2.26. The largest absolute Gasteiger partial charge is 0.309 e.